The van der Waals surface area contributed by atoms with Crippen LogP contribution in [0.25, 0.3) is 0 Å². The molecule has 8 heteroatoms. The molecule has 2 rings (SSSR count). The number of nitrogens with zero attached hydrogens (tertiary/aromatic N) is 4. The van der Waals surface area contributed by atoms with E-state index in [0.29, 0.717) is 13.1 Å². The third-order valence-electron chi connectivity index (χ3n) is 4.48. The smallest absolute Gasteiger partial charge is 0.233 e. The molecule has 0 radical (unpaired) electrons. The maximum atomic E-state index is 11.0. The number of nitrogens with one attached hydrogen (secondary N) is 2. The molecule has 0 bridgehead atoms. The summed E-state index contributed by atoms with van der Waals surface area (Å²) in [5.41, 5.74) is 0. The van der Waals surface area contributed by atoms with Gasteiger partial charge in [0.2, 0.25) is 11.8 Å². The topological polar surface area (TPSA) is 71.2 Å². The minimum absolute atomic E-state index is 0. The highest BCUT2D eigenvalue weighted by atomic mass is 16.2. The predicted molar refractivity (Wildman–Crippen MR) is 103 cm³/mol. The van der Waals surface area contributed by atoms with Crippen LogP contribution in [-0.2, 0) is 9.59 Å². The molecule has 2 aliphatic heterocycles. The fourth-order valence-corrected chi connectivity index (χ4v) is 2.58. The highest BCUT2D eigenvalue weighted by molar-refractivity contribution is 5.78. The molecule has 0 aromatic rings. The Morgan fingerprint density at radius 1 is 0.680 bits per heavy atom. The number of hydrogen-bond acceptors (Lipinski definition) is 6. The van der Waals surface area contributed by atoms with Crippen LogP contribution in [0.5, 0.6) is 0 Å². The van der Waals surface area contributed by atoms with Gasteiger partial charge in [0.15, 0.2) is 0 Å². The molecule has 2 heterocycles. The Balaban J connectivity index is 0.000000443. The van der Waals surface area contributed by atoms with Crippen molar-refractivity contribution in [1.29, 1.82) is 0 Å². The zero-order valence-corrected chi connectivity index (χ0v) is 15.7. The molecule has 2 amide bonds. The summed E-state index contributed by atoms with van der Waals surface area (Å²) in [4.78, 5) is 30.9. The maximum Gasteiger partial charge on any atom is 0.233 e. The molecule has 2 saturated heterocycles. The number of rotatable bonds is 4. The Kier molecular flexibility index (Phi) is 12.4. The van der Waals surface area contributed by atoms with E-state index in [0.717, 1.165) is 52.4 Å². The van der Waals surface area contributed by atoms with Crippen LogP contribution in [0.15, 0.2) is 0 Å². The molecule has 8 nitrogen and oxygen atoms in total. The third kappa shape index (κ3) is 10.4. The van der Waals surface area contributed by atoms with Gasteiger partial charge in [-0.3, -0.25) is 19.4 Å². The molecule has 0 unspecified atom stereocenters. The van der Waals surface area contributed by atoms with Crippen LogP contribution in [0.4, 0.5) is 0 Å². The van der Waals surface area contributed by atoms with Gasteiger partial charge in [0.1, 0.15) is 0 Å². The molecular formula is C17H38N6O2. The van der Waals surface area contributed by atoms with Crippen LogP contribution >= 0.6 is 0 Å². The second-order valence-electron chi connectivity index (χ2n) is 6.51. The van der Waals surface area contributed by atoms with Gasteiger partial charge in [-0.05, 0) is 14.1 Å². The second kappa shape index (κ2) is 13.0. The Hall–Kier alpha value is -1.22. The molecular weight excluding hydrogens is 320 g/mol. The molecule has 0 aromatic heterocycles. The lowest BCUT2D eigenvalue weighted by Crippen LogP contribution is -2.47. The van der Waals surface area contributed by atoms with Crippen molar-refractivity contribution in [3.8, 4) is 0 Å². The van der Waals surface area contributed by atoms with E-state index in [4.69, 9.17) is 0 Å². The minimum atomic E-state index is 0. The van der Waals surface area contributed by atoms with Crippen molar-refractivity contribution in [3.05, 3.63) is 0 Å². The van der Waals surface area contributed by atoms with E-state index in [1.165, 1.54) is 0 Å². The van der Waals surface area contributed by atoms with Gasteiger partial charge in [-0.15, -0.1) is 0 Å². The zero-order chi connectivity index (χ0) is 17.9. The first kappa shape index (κ1) is 23.8. The Labute approximate surface area is 153 Å². The van der Waals surface area contributed by atoms with Crippen molar-refractivity contribution in [1.82, 2.24) is 30.2 Å². The van der Waals surface area contributed by atoms with E-state index in [9.17, 15) is 9.59 Å². The average Bonchev–Trinajstić information content (AvgIpc) is 2.59. The van der Waals surface area contributed by atoms with Crippen molar-refractivity contribution in [2.45, 2.75) is 7.43 Å². The maximum absolute atomic E-state index is 11.0. The van der Waals surface area contributed by atoms with E-state index < -0.39 is 0 Å². The van der Waals surface area contributed by atoms with Crippen molar-refractivity contribution < 1.29 is 9.59 Å². The van der Waals surface area contributed by atoms with E-state index in [1.807, 2.05) is 0 Å². The largest absolute Gasteiger partial charge is 0.358 e. The van der Waals surface area contributed by atoms with Crippen LogP contribution < -0.4 is 10.6 Å². The van der Waals surface area contributed by atoms with Gasteiger partial charge in [-0.25, -0.2) is 0 Å². The van der Waals surface area contributed by atoms with Crippen LogP contribution in [-0.4, -0.2) is 125 Å². The van der Waals surface area contributed by atoms with Crippen LogP contribution in [0.2, 0.25) is 0 Å². The Morgan fingerprint density at radius 3 is 1.20 bits per heavy atom. The molecule has 0 atom stereocenters. The van der Waals surface area contributed by atoms with Gasteiger partial charge in [0, 0.05) is 66.5 Å². The lowest BCUT2D eigenvalue weighted by molar-refractivity contribution is -0.122. The van der Waals surface area contributed by atoms with E-state index in [1.54, 1.807) is 14.1 Å². The molecule has 0 spiro atoms. The standard InChI is InChI=1S/2C8H17N3O.CH4/c2*1-9-8(12)7-11-5-3-10(2)4-6-11;/h2*3-7H2,1-2H3,(H,9,12);1H4. The number of hydrogen-bond donors (Lipinski definition) is 2. The zero-order valence-electron chi connectivity index (χ0n) is 15.7. The average molecular weight is 359 g/mol. The second-order valence-corrected chi connectivity index (χ2v) is 6.51. The van der Waals surface area contributed by atoms with Gasteiger partial charge in [0.05, 0.1) is 13.1 Å². The summed E-state index contributed by atoms with van der Waals surface area (Å²) < 4.78 is 0. The van der Waals surface area contributed by atoms with Gasteiger partial charge in [-0.2, -0.15) is 0 Å². The summed E-state index contributed by atoms with van der Waals surface area (Å²) in [6.07, 6.45) is 0. The first-order valence-corrected chi connectivity index (χ1v) is 8.67. The molecule has 2 aliphatic rings. The summed E-state index contributed by atoms with van der Waals surface area (Å²) in [7, 11) is 7.57. The van der Waals surface area contributed by atoms with Crippen molar-refractivity contribution >= 4 is 11.8 Å². The van der Waals surface area contributed by atoms with Gasteiger partial charge in [0.25, 0.3) is 0 Å². The molecule has 2 fully saturated rings. The lowest BCUT2D eigenvalue weighted by atomic mass is 10.3. The van der Waals surface area contributed by atoms with Crippen LogP contribution in [0, 0.1) is 0 Å². The number of likely N-dealkylation sites (N-methyl/N-ethyl adjacent to an activating group) is 4. The Bertz CT molecular complexity index is 341. The van der Waals surface area contributed by atoms with Crippen molar-refractivity contribution in [2.75, 3.05) is 93.6 Å². The number of carbonyl (C=O) groups is 2. The molecule has 0 aromatic carbocycles. The molecule has 148 valence electrons. The normalized spacial score (nSPS) is 20.0. The van der Waals surface area contributed by atoms with Gasteiger partial charge >= 0.3 is 0 Å². The first-order valence-electron chi connectivity index (χ1n) is 8.67. The highest BCUT2D eigenvalue weighted by Gasteiger charge is 2.16. The first-order chi connectivity index (χ1) is 11.4. The summed E-state index contributed by atoms with van der Waals surface area (Å²) in [6.45, 7) is 9.37. The van der Waals surface area contributed by atoms with E-state index >= 15 is 0 Å². The molecule has 25 heavy (non-hydrogen) atoms. The summed E-state index contributed by atoms with van der Waals surface area (Å²) in [5, 5.41) is 5.26. The summed E-state index contributed by atoms with van der Waals surface area (Å²) in [5.74, 6) is 0.221. The quantitative estimate of drug-likeness (QED) is 0.644. The van der Waals surface area contributed by atoms with Crippen LogP contribution in [0.1, 0.15) is 7.43 Å². The highest BCUT2D eigenvalue weighted by Crippen LogP contribution is 1.98. The summed E-state index contributed by atoms with van der Waals surface area (Å²) in [6, 6.07) is 0. The van der Waals surface area contributed by atoms with E-state index in [-0.39, 0.29) is 19.2 Å². The van der Waals surface area contributed by atoms with Crippen molar-refractivity contribution in [2.24, 2.45) is 0 Å². The third-order valence-corrected chi connectivity index (χ3v) is 4.48. The molecule has 0 aliphatic carbocycles. The molecule has 2 N–H and O–H groups in total. The minimum Gasteiger partial charge on any atom is -0.358 e. The number of piperazine rings is 2. The van der Waals surface area contributed by atoms with Crippen molar-refractivity contribution in [3.63, 3.8) is 0 Å². The fourth-order valence-electron chi connectivity index (χ4n) is 2.58. The SMILES string of the molecule is C.CNC(=O)CN1CCN(C)CC1.CNC(=O)CN1CCN(C)CC1. The molecule has 0 saturated carbocycles. The number of amides is 2. The van der Waals surface area contributed by atoms with Crippen LogP contribution in [0.3, 0.4) is 0 Å². The Morgan fingerprint density at radius 2 is 0.960 bits per heavy atom. The summed E-state index contributed by atoms with van der Waals surface area (Å²) >= 11 is 0. The monoisotopic (exact) mass is 358 g/mol. The predicted octanol–water partition coefficient (Wildman–Crippen LogP) is -1.40. The number of carbonyl (C=O) groups excluding carboxylic acids is 2. The lowest BCUT2D eigenvalue weighted by Gasteiger charge is -2.31. The fraction of sp³-hybridized carbons (Fsp3) is 0.882. The van der Waals surface area contributed by atoms with E-state index in [2.05, 4.69) is 44.3 Å². The van der Waals surface area contributed by atoms with Gasteiger partial charge < -0.3 is 20.4 Å². The van der Waals surface area contributed by atoms with Gasteiger partial charge in [-0.1, -0.05) is 7.43 Å².